The monoisotopic (exact) mass is 468 g/mol. The Hall–Kier alpha value is -3.75. The van der Waals surface area contributed by atoms with Crippen molar-refractivity contribution in [2.75, 3.05) is 31.9 Å². The van der Waals surface area contributed by atoms with Crippen molar-refractivity contribution in [3.05, 3.63) is 47.5 Å². The molecule has 0 aliphatic carbocycles. The van der Waals surface area contributed by atoms with E-state index >= 15 is 0 Å². The van der Waals surface area contributed by atoms with Gasteiger partial charge in [0.15, 0.2) is 11.5 Å². The van der Waals surface area contributed by atoms with Crippen LogP contribution in [0.25, 0.3) is 0 Å². The maximum absolute atomic E-state index is 12.8. The van der Waals surface area contributed by atoms with Crippen molar-refractivity contribution in [1.29, 1.82) is 0 Å². The lowest BCUT2D eigenvalue weighted by molar-refractivity contribution is -0.123. The average molecular weight is 469 g/mol. The van der Waals surface area contributed by atoms with E-state index in [0.717, 1.165) is 24.3 Å². The predicted molar refractivity (Wildman–Crippen MR) is 131 cm³/mol. The van der Waals surface area contributed by atoms with Crippen LogP contribution in [0.15, 0.2) is 41.5 Å². The summed E-state index contributed by atoms with van der Waals surface area (Å²) in [4.78, 5) is 27.7. The largest absolute Gasteiger partial charge is 0.496 e. The molecule has 9 heteroatoms. The summed E-state index contributed by atoms with van der Waals surface area (Å²) in [6, 6.07) is 9.94. The Bertz CT molecular complexity index is 1050. The number of carbonyl (C=O) groups is 2. The van der Waals surface area contributed by atoms with Gasteiger partial charge in [-0.05, 0) is 50.1 Å². The van der Waals surface area contributed by atoms with Gasteiger partial charge in [-0.2, -0.15) is 5.10 Å². The summed E-state index contributed by atoms with van der Waals surface area (Å²) in [6.45, 7) is 9.79. The molecule has 0 bridgehead atoms. The van der Waals surface area contributed by atoms with E-state index in [9.17, 15) is 9.59 Å². The lowest BCUT2D eigenvalue weighted by Crippen LogP contribution is -2.48. The van der Waals surface area contributed by atoms with Crippen LogP contribution in [-0.2, 0) is 4.79 Å². The zero-order valence-corrected chi connectivity index (χ0v) is 20.3. The van der Waals surface area contributed by atoms with Gasteiger partial charge >= 0.3 is 0 Å². The van der Waals surface area contributed by atoms with Gasteiger partial charge in [-0.1, -0.05) is 13.8 Å². The molecule has 0 aromatic heterocycles. The Kier molecular flexibility index (Phi) is 8.34. The predicted octanol–water partition coefficient (Wildman–Crippen LogP) is 3.17. The molecule has 9 nitrogen and oxygen atoms in total. The molecular formula is C25H32N4O5. The Balaban J connectivity index is 1.66. The number of methoxy groups -OCH3 is 1. The number of hydrogen-bond acceptors (Lipinski definition) is 7. The molecule has 0 unspecified atom stereocenters. The molecule has 34 heavy (non-hydrogen) atoms. The Morgan fingerprint density at radius 2 is 1.85 bits per heavy atom. The van der Waals surface area contributed by atoms with Crippen molar-refractivity contribution >= 4 is 23.7 Å². The molecule has 2 aromatic carbocycles. The number of rotatable bonds is 10. The van der Waals surface area contributed by atoms with Gasteiger partial charge in [0.25, 0.3) is 11.8 Å². The number of fused-ring (bicyclic) bond motifs is 1. The maximum atomic E-state index is 12.8. The lowest BCUT2D eigenvalue weighted by atomic mass is 10.0. The van der Waals surface area contributed by atoms with E-state index in [2.05, 4.69) is 34.6 Å². The van der Waals surface area contributed by atoms with E-state index in [1.165, 1.54) is 6.21 Å². The van der Waals surface area contributed by atoms with E-state index < -0.39 is 11.9 Å². The molecule has 2 aromatic rings. The Morgan fingerprint density at radius 1 is 1.12 bits per heavy atom. The van der Waals surface area contributed by atoms with Crippen LogP contribution in [0.2, 0.25) is 0 Å². The normalized spacial score (nSPS) is 13.1. The van der Waals surface area contributed by atoms with Crippen molar-refractivity contribution in [3.8, 4) is 17.2 Å². The molecule has 1 aliphatic heterocycles. The minimum absolute atomic E-state index is 0.123. The zero-order chi connectivity index (χ0) is 24.7. The first kappa shape index (κ1) is 24.9. The van der Waals surface area contributed by atoms with Gasteiger partial charge in [0, 0.05) is 36.0 Å². The summed E-state index contributed by atoms with van der Waals surface area (Å²) in [6.07, 6.45) is 1.53. The van der Waals surface area contributed by atoms with Crippen molar-refractivity contribution in [2.24, 2.45) is 11.0 Å². The standard InChI is InChI=1S/C25H32N4O5/c1-6-29(7-2)19-10-8-18(21(13-19)32-5)14-26-28-25(31)23(16(3)4)27-24(30)17-9-11-20-22(12-17)34-15-33-20/h8-14,16,23H,6-7,15H2,1-5H3,(H,27,30)(H,28,31)/b26-14+/t23-/m1/s1. The summed E-state index contributed by atoms with van der Waals surface area (Å²) in [5, 5.41) is 6.87. The molecule has 0 fully saturated rings. The minimum atomic E-state index is -0.776. The van der Waals surface area contributed by atoms with Crippen LogP contribution in [-0.4, -0.2) is 51.1 Å². The van der Waals surface area contributed by atoms with Gasteiger partial charge in [0.05, 0.1) is 13.3 Å². The number of benzene rings is 2. The first-order valence-electron chi connectivity index (χ1n) is 11.3. The van der Waals surface area contributed by atoms with Crippen LogP contribution in [0.4, 0.5) is 5.69 Å². The van der Waals surface area contributed by atoms with Crippen LogP contribution in [0.3, 0.4) is 0 Å². The summed E-state index contributed by atoms with van der Waals surface area (Å²) >= 11 is 0. The highest BCUT2D eigenvalue weighted by Gasteiger charge is 2.25. The minimum Gasteiger partial charge on any atom is -0.496 e. The second-order valence-electron chi connectivity index (χ2n) is 8.10. The molecule has 0 saturated carbocycles. The fourth-order valence-corrected chi connectivity index (χ4v) is 3.62. The number of amides is 2. The molecule has 0 spiro atoms. The Labute approximate surface area is 200 Å². The van der Waals surface area contributed by atoms with Crippen LogP contribution in [0.1, 0.15) is 43.6 Å². The number of carbonyl (C=O) groups excluding carboxylic acids is 2. The topological polar surface area (TPSA) is 101 Å². The third-order valence-electron chi connectivity index (χ3n) is 5.59. The molecule has 1 atom stereocenters. The average Bonchev–Trinajstić information content (AvgIpc) is 3.31. The second-order valence-corrected chi connectivity index (χ2v) is 8.10. The molecule has 0 saturated heterocycles. The number of hydrazone groups is 1. The Morgan fingerprint density at radius 3 is 2.53 bits per heavy atom. The van der Waals surface area contributed by atoms with Gasteiger partial charge in [-0.25, -0.2) is 5.43 Å². The second kappa shape index (κ2) is 11.4. The summed E-state index contributed by atoms with van der Waals surface area (Å²) in [5.74, 6) is 0.784. The summed E-state index contributed by atoms with van der Waals surface area (Å²) in [7, 11) is 1.59. The van der Waals surface area contributed by atoms with E-state index in [1.807, 2.05) is 32.0 Å². The number of nitrogens with zero attached hydrogens (tertiary/aromatic N) is 2. The molecule has 0 radical (unpaired) electrons. The molecule has 1 heterocycles. The number of anilines is 1. The van der Waals surface area contributed by atoms with E-state index in [1.54, 1.807) is 25.3 Å². The van der Waals surface area contributed by atoms with Crippen molar-refractivity contribution < 1.29 is 23.8 Å². The number of nitrogens with one attached hydrogen (secondary N) is 2. The van der Waals surface area contributed by atoms with Crippen molar-refractivity contribution in [1.82, 2.24) is 10.7 Å². The van der Waals surface area contributed by atoms with Crippen molar-refractivity contribution in [2.45, 2.75) is 33.7 Å². The maximum Gasteiger partial charge on any atom is 0.262 e. The van der Waals surface area contributed by atoms with E-state index in [0.29, 0.717) is 22.8 Å². The molecule has 3 rings (SSSR count). The van der Waals surface area contributed by atoms with Gasteiger partial charge in [-0.15, -0.1) is 0 Å². The third-order valence-corrected chi connectivity index (χ3v) is 5.59. The van der Waals surface area contributed by atoms with Gasteiger partial charge in [0.2, 0.25) is 6.79 Å². The third kappa shape index (κ3) is 5.78. The van der Waals surface area contributed by atoms with Gasteiger partial charge in [-0.3, -0.25) is 9.59 Å². The molecule has 2 amide bonds. The van der Waals surface area contributed by atoms with E-state index in [4.69, 9.17) is 14.2 Å². The van der Waals surface area contributed by atoms with Gasteiger partial charge < -0.3 is 24.4 Å². The fourth-order valence-electron chi connectivity index (χ4n) is 3.62. The molecule has 182 valence electrons. The van der Waals surface area contributed by atoms with Gasteiger partial charge in [0.1, 0.15) is 11.8 Å². The summed E-state index contributed by atoms with van der Waals surface area (Å²) < 4.78 is 16.1. The smallest absolute Gasteiger partial charge is 0.262 e. The number of hydrogen-bond donors (Lipinski definition) is 2. The quantitative estimate of drug-likeness (QED) is 0.410. The highest BCUT2D eigenvalue weighted by molar-refractivity contribution is 5.98. The molecule has 2 N–H and O–H groups in total. The van der Waals surface area contributed by atoms with Crippen LogP contribution in [0, 0.1) is 5.92 Å². The fraction of sp³-hybridized carbons (Fsp3) is 0.400. The van der Waals surface area contributed by atoms with Crippen molar-refractivity contribution in [3.63, 3.8) is 0 Å². The highest BCUT2D eigenvalue weighted by atomic mass is 16.7. The SMILES string of the molecule is CCN(CC)c1ccc(/C=N/NC(=O)[C@H](NC(=O)c2ccc3c(c2)OCO3)C(C)C)c(OC)c1. The van der Waals surface area contributed by atoms with E-state index in [-0.39, 0.29) is 18.6 Å². The van der Waals surface area contributed by atoms with Crippen LogP contribution < -0.4 is 29.9 Å². The summed E-state index contributed by atoms with van der Waals surface area (Å²) in [5.41, 5.74) is 4.68. The lowest BCUT2D eigenvalue weighted by Gasteiger charge is -2.22. The first-order chi connectivity index (χ1) is 16.4. The number of ether oxygens (including phenoxy) is 3. The zero-order valence-electron chi connectivity index (χ0n) is 20.3. The molecule has 1 aliphatic rings. The van der Waals surface area contributed by atoms with Crippen LogP contribution >= 0.6 is 0 Å². The first-order valence-corrected chi connectivity index (χ1v) is 11.3. The highest BCUT2D eigenvalue weighted by Crippen LogP contribution is 2.32. The molecular weight excluding hydrogens is 436 g/mol. The van der Waals surface area contributed by atoms with Crippen LogP contribution in [0.5, 0.6) is 17.2 Å².